The van der Waals surface area contributed by atoms with Crippen LogP contribution < -0.4 is 10.2 Å². The first-order valence-electron chi connectivity index (χ1n) is 7.61. The molecule has 0 aromatic heterocycles. The van der Waals surface area contributed by atoms with E-state index in [-0.39, 0.29) is 18.4 Å². The normalized spacial score (nSPS) is 24.8. The van der Waals surface area contributed by atoms with Gasteiger partial charge in [-0.05, 0) is 53.4 Å². The van der Waals surface area contributed by atoms with E-state index in [4.69, 9.17) is 0 Å². The van der Waals surface area contributed by atoms with Crippen LogP contribution in [0.1, 0.15) is 19.3 Å². The summed E-state index contributed by atoms with van der Waals surface area (Å²) in [5.41, 5.74) is 0.885. The minimum absolute atomic E-state index is 0. The number of fused-ring (bicyclic) bond motifs is 2. The lowest BCUT2D eigenvalue weighted by atomic mass is 10.1. The maximum absolute atomic E-state index is 13.1. The van der Waals surface area contributed by atoms with Gasteiger partial charge in [-0.15, -0.1) is 12.4 Å². The van der Waals surface area contributed by atoms with Crippen LogP contribution in [0.5, 0.6) is 0 Å². The lowest BCUT2D eigenvalue weighted by Crippen LogP contribution is -2.39. The van der Waals surface area contributed by atoms with Crippen molar-refractivity contribution < 1.29 is 8.42 Å². The first-order valence-corrected chi connectivity index (χ1v) is 9.84. The summed E-state index contributed by atoms with van der Waals surface area (Å²) in [6.07, 6.45) is 3.12. The zero-order chi connectivity index (χ0) is 15.9. The highest BCUT2D eigenvalue weighted by Crippen LogP contribution is 2.31. The molecule has 0 radical (unpaired) electrons. The van der Waals surface area contributed by atoms with Crippen LogP contribution in [-0.2, 0) is 10.0 Å². The third-order valence-corrected chi connectivity index (χ3v) is 7.39. The molecule has 0 aliphatic carbocycles. The first kappa shape index (κ1) is 19.0. The summed E-state index contributed by atoms with van der Waals surface area (Å²) in [4.78, 5) is 2.27. The van der Waals surface area contributed by atoms with Crippen molar-refractivity contribution in [2.24, 2.45) is 0 Å². The zero-order valence-corrected chi connectivity index (χ0v) is 16.5. The Balaban J connectivity index is 0.00000192. The van der Waals surface area contributed by atoms with Crippen LogP contribution in [-0.4, -0.2) is 52.0 Å². The number of nitrogens with one attached hydrogen (secondary N) is 1. The van der Waals surface area contributed by atoms with Gasteiger partial charge in [0.15, 0.2) is 0 Å². The van der Waals surface area contributed by atoms with Crippen LogP contribution in [0, 0.1) is 0 Å². The summed E-state index contributed by atoms with van der Waals surface area (Å²) in [7, 11) is 0.348. The first-order chi connectivity index (χ1) is 10.4. The number of benzene rings is 1. The molecule has 2 atom stereocenters. The summed E-state index contributed by atoms with van der Waals surface area (Å²) in [6.45, 7) is 1.16. The molecule has 2 saturated heterocycles. The van der Waals surface area contributed by atoms with Gasteiger partial charge < -0.3 is 10.2 Å². The van der Waals surface area contributed by atoms with Crippen LogP contribution in [0.4, 0.5) is 5.69 Å². The predicted molar refractivity (Wildman–Crippen MR) is 99.0 cm³/mol. The second-order valence-electron chi connectivity index (χ2n) is 6.30. The lowest BCUT2D eigenvalue weighted by molar-refractivity contribution is 0.383. The Bertz CT molecular complexity index is 669. The van der Waals surface area contributed by atoms with Gasteiger partial charge in [-0.1, -0.05) is 0 Å². The number of hydrogen-bond acceptors (Lipinski definition) is 4. The summed E-state index contributed by atoms with van der Waals surface area (Å²) in [5.74, 6) is 0. The van der Waals surface area contributed by atoms with Crippen LogP contribution >= 0.6 is 28.3 Å². The van der Waals surface area contributed by atoms with E-state index in [1.165, 1.54) is 6.42 Å². The maximum Gasteiger partial charge on any atom is 0.244 e. The fourth-order valence-electron chi connectivity index (χ4n) is 3.24. The largest absolute Gasteiger partial charge is 0.378 e. The van der Waals surface area contributed by atoms with Gasteiger partial charge in [0.25, 0.3) is 0 Å². The van der Waals surface area contributed by atoms with Crippen molar-refractivity contribution >= 4 is 44.0 Å². The van der Waals surface area contributed by atoms with E-state index in [0.29, 0.717) is 28.5 Å². The molecule has 1 N–H and O–H groups in total. The highest BCUT2D eigenvalue weighted by Gasteiger charge is 2.35. The number of halogens is 2. The molecule has 8 heteroatoms. The summed E-state index contributed by atoms with van der Waals surface area (Å²) < 4.78 is 28.4. The van der Waals surface area contributed by atoms with Crippen molar-refractivity contribution in [2.75, 3.05) is 32.1 Å². The van der Waals surface area contributed by atoms with E-state index in [1.54, 1.807) is 10.4 Å². The third kappa shape index (κ3) is 3.85. The molecule has 3 rings (SSSR count). The highest BCUT2D eigenvalue weighted by molar-refractivity contribution is 9.10. The zero-order valence-electron chi connectivity index (χ0n) is 13.3. The Morgan fingerprint density at radius 1 is 1.22 bits per heavy atom. The molecule has 0 amide bonds. The van der Waals surface area contributed by atoms with E-state index in [2.05, 4.69) is 21.2 Å². The molecule has 2 heterocycles. The topological polar surface area (TPSA) is 52.7 Å². The number of sulfonamides is 1. The second kappa shape index (κ2) is 7.27. The minimum Gasteiger partial charge on any atom is -0.378 e. The Kier molecular flexibility index (Phi) is 6.00. The smallest absolute Gasteiger partial charge is 0.244 e. The van der Waals surface area contributed by atoms with Gasteiger partial charge in [0, 0.05) is 49.4 Å². The standard InChI is InChI=1S/C15H22BrN3O2S.ClH/c1-18(2)13-5-6-14(16)15(9-13)22(20,21)19-8-7-11-3-4-12(10-19)17-11;/h5-6,9,11-12,17H,3-4,7-8,10H2,1-2H3;1H. The van der Waals surface area contributed by atoms with Crippen LogP contribution in [0.2, 0.25) is 0 Å². The van der Waals surface area contributed by atoms with E-state index in [1.807, 2.05) is 31.1 Å². The SMILES string of the molecule is CN(C)c1ccc(Br)c(S(=O)(=O)N2CCC3CCC(C2)N3)c1.Cl. The number of nitrogens with zero attached hydrogens (tertiary/aromatic N) is 2. The van der Waals surface area contributed by atoms with Gasteiger partial charge in [0.1, 0.15) is 0 Å². The highest BCUT2D eigenvalue weighted by atomic mass is 79.9. The van der Waals surface area contributed by atoms with Crippen molar-refractivity contribution in [3.05, 3.63) is 22.7 Å². The van der Waals surface area contributed by atoms with Crippen LogP contribution in [0.15, 0.2) is 27.6 Å². The number of hydrogen-bond donors (Lipinski definition) is 1. The second-order valence-corrected chi connectivity index (χ2v) is 9.06. The fraction of sp³-hybridized carbons (Fsp3) is 0.600. The maximum atomic E-state index is 13.1. The van der Waals surface area contributed by atoms with Crippen molar-refractivity contribution in [2.45, 2.75) is 36.2 Å². The molecule has 2 fully saturated rings. The minimum atomic E-state index is -3.47. The molecule has 0 spiro atoms. The molecule has 2 aliphatic rings. The third-order valence-electron chi connectivity index (χ3n) is 4.53. The summed E-state index contributed by atoms with van der Waals surface area (Å²) in [5, 5.41) is 3.52. The number of anilines is 1. The fourth-order valence-corrected chi connectivity index (χ4v) is 5.68. The predicted octanol–water partition coefficient (Wildman–Crippen LogP) is 2.45. The lowest BCUT2D eigenvalue weighted by Gasteiger charge is -2.25. The van der Waals surface area contributed by atoms with Gasteiger partial charge in [0.05, 0.1) is 4.90 Å². The molecule has 130 valence electrons. The molecular formula is C15H23BrClN3O2S. The van der Waals surface area contributed by atoms with Crippen molar-refractivity contribution in [1.29, 1.82) is 0 Å². The van der Waals surface area contributed by atoms with Gasteiger partial charge >= 0.3 is 0 Å². The van der Waals surface area contributed by atoms with Crippen LogP contribution in [0.25, 0.3) is 0 Å². The Hall–Kier alpha value is -0.340. The summed E-state index contributed by atoms with van der Waals surface area (Å²) >= 11 is 3.40. The molecular weight excluding hydrogens is 402 g/mol. The molecule has 2 bridgehead atoms. The molecule has 1 aromatic carbocycles. The van der Waals surface area contributed by atoms with Gasteiger partial charge in [-0.25, -0.2) is 8.42 Å². The van der Waals surface area contributed by atoms with Crippen molar-refractivity contribution in [1.82, 2.24) is 9.62 Å². The van der Waals surface area contributed by atoms with Gasteiger partial charge in [-0.2, -0.15) is 4.31 Å². The average Bonchev–Trinajstić information content (AvgIpc) is 2.77. The monoisotopic (exact) mass is 423 g/mol. The molecule has 23 heavy (non-hydrogen) atoms. The van der Waals surface area contributed by atoms with Crippen molar-refractivity contribution in [3.8, 4) is 0 Å². The molecule has 0 saturated carbocycles. The molecule has 1 aromatic rings. The molecule has 2 aliphatic heterocycles. The van der Waals surface area contributed by atoms with Crippen molar-refractivity contribution in [3.63, 3.8) is 0 Å². The molecule has 2 unspecified atom stereocenters. The average molecular weight is 425 g/mol. The van der Waals surface area contributed by atoms with E-state index in [9.17, 15) is 8.42 Å². The van der Waals surface area contributed by atoms with E-state index < -0.39 is 10.0 Å². The number of rotatable bonds is 3. The Morgan fingerprint density at radius 3 is 2.61 bits per heavy atom. The molecule has 5 nitrogen and oxygen atoms in total. The van der Waals surface area contributed by atoms with E-state index in [0.717, 1.165) is 18.5 Å². The Labute approximate surface area is 153 Å². The Morgan fingerprint density at radius 2 is 1.91 bits per heavy atom. The summed E-state index contributed by atoms with van der Waals surface area (Å²) in [6, 6.07) is 6.23. The van der Waals surface area contributed by atoms with Gasteiger partial charge in [0.2, 0.25) is 10.0 Å². The van der Waals surface area contributed by atoms with E-state index >= 15 is 0 Å². The van der Waals surface area contributed by atoms with Crippen LogP contribution in [0.3, 0.4) is 0 Å². The quantitative estimate of drug-likeness (QED) is 0.810. The van der Waals surface area contributed by atoms with Gasteiger partial charge in [-0.3, -0.25) is 0 Å².